The van der Waals surface area contributed by atoms with E-state index < -0.39 is 4.92 Å². The Labute approximate surface area is 182 Å². The minimum absolute atomic E-state index is 0.0539. The third-order valence-electron chi connectivity index (χ3n) is 4.37. The predicted octanol–water partition coefficient (Wildman–Crippen LogP) is 4.70. The first kappa shape index (κ1) is 21.5. The Bertz CT molecular complexity index is 1040. The van der Waals surface area contributed by atoms with Crippen molar-refractivity contribution in [3.05, 3.63) is 68.1 Å². The number of hydrogen-bond donors (Lipinski definition) is 1. The maximum atomic E-state index is 12.9. The molecule has 1 heterocycles. The molecule has 2 aromatic rings. The van der Waals surface area contributed by atoms with E-state index in [0.717, 1.165) is 11.1 Å². The molecule has 0 atom stereocenters. The van der Waals surface area contributed by atoms with Crippen LogP contribution in [0, 0.1) is 24.0 Å². The summed E-state index contributed by atoms with van der Waals surface area (Å²) in [6.07, 6.45) is 1.62. The van der Waals surface area contributed by atoms with Gasteiger partial charge in [0.05, 0.1) is 27.0 Å². The Morgan fingerprint density at radius 3 is 2.66 bits per heavy atom. The van der Waals surface area contributed by atoms with Crippen LogP contribution in [-0.4, -0.2) is 32.6 Å². The van der Waals surface area contributed by atoms with Gasteiger partial charge in [-0.05, 0) is 54.8 Å². The Balaban J connectivity index is 1.92. The van der Waals surface area contributed by atoms with E-state index in [-0.39, 0.29) is 18.2 Å². The van der Waals surface area contributed by atoms with Crippen LogP contribution < -0.4 is 4.90 Å². The fraction of sp³-hybridized carbons (Fsp3) is 0.200. The van der Waals surface area contributed by atoms with Crippen LogP contribution in [0.25, 0.3) is 6.08 Å². The monoisotopic (exact) mass is 446 g/mol. The van der Waals surface area contributed by atoms with E-state index in [4.69, 9.17) is 17.3 Å². The van der Waals surface area contributed by atoms with Crippen molar-refractivity contribution in [2.75, 3.05) is 17.3 Å². The number of amides is 1. The van der Waals surface area contributed by atoms with Gasteiger partial charge in [0.15, 0.2) is 4.32 Å². The van der Waals surface area contributed by atoms with E-state index in [1.165, 1.54) is 34.5 Å². The summed E-state index contributed by atoms with van der Waals surface area (Å²) in [6, 6.07) is 10.5. The summed E-state index contributed by atoms with van der Waals surface area (Å²) >= 11 is 7.79. The lowest BCUT2D eigenvalue weighted by atomic mass is 10.1. The number of aliphatic hydroxyl groups excluding tert-OH is 1. The molecule has 1 saturated heterocycles. The minimum atomic E-state index is -0.461. The van der Waals surface area contributed by atoms with Crippen molar-refractivity contribution in [3.8, 4) is 0 Å². The molecule has 3 rings (SSSR count). The van der Waals surface area contributed by atoms with E-state index in [9.17, 15) is 14.9 Å². The lowest BCUT2D eigenvalue weighted by Gasteiger charge is -2.15. The summed E-state index contributed by atoms with van der Waals surface area (Å²) < 4.78 is 0.425. The van der Waals surface area contributed by atoms with Gasteiger partial charge in [-0.1, -0.05) is 36.1 Å². The number of nitrogens with zero attached hydrogens (tertiary/aromatic N) is 2. The quantitative estimate of drug-likeness (QED) is 0.226. The molecule has 1 aliphatic heterocycles. The molecule has 1 amide bonds. The van der Waals surface area contributed by atoms with Crippen LogP contribution in [0.4, 0.5) is 11.4 Å². The van der Waals surface area contributed by atoms with Crippen molar-refractivity contribution < 1.29 is 14.8 Å². The molecule has 0 saturated carbocycles. The summed E-state index contributed by atoms with van der Waals surface area (Å²) in [5.41, 5.74) is 3.39. The van der Waals surface area contributed by atoms with E-state index in [1.54, 1.807) is 18.2 Å². The Hall–Kier alpha value is -2.20. The van der Waals surface area contributed by atoms with E-state index >= 15 is 0 Å². The smallest absolute Gasteiger partial charge is 0.283 e. The highest BCUT2D eigenvalue weighted by atomic mass is 32.2. The molecule has 0 bridgehead atoms. The summed E-state index contributed by atoms with van der Waals surface area (Å²) in [6.45, 7) is 3.91. The van der Waals surface area contributed by atoms with Gasteiger partial charge in [0.2, 0.25) is 0 Å². The third-order valence-corrected chi connectivity index (χ3v) is 6.71. The van der Waals surface area contributed by atoms with Crippen molar-refractivity contribution in [2.24, 2.45) is 0 Å². The Kier molecular flexibility index (Phi) is 6.74. The molecule has 0 spiro atoms. The molecule has 1 fully saturated rings. The number of aliphatic hydroxyl groups is 1. The lowest BCUT2D eigenvalue weighted by molar-refractivity contribution is -0.387. The van der Waals surface area contributed by atoms with E-state index in [0.29, 0.717) is 31.1 Å². The maximum absolute atomic E-state index is 12.9. The number of aryl methyl sites for hydroxylation is 2. The highest BCUT2D eigenvalue weighted by Crippen LogP contribution is 2.37. The number of carbonyl (C=O) groups excluding carboxylic acids is 1. The minimum Gasteiger partial charge on any atom is -0.396 e. The molecular weight excluding hydrogens is 428 g/mol. The van der Waals surface area contributed by atoms with Gasteiger partial charge in [-0.15, -0.1) is 11.8 Å². The number of rotatable bonds is 6. The predicted molar refractivity (Wildman–Crippen MR) is 122 cm³/mol. The molecule has 1 aliphatic rings. The Morgan fingerprint density at radius 2 is 2.00 bits per heavy atom. The zero-order valence-electron chi connectivity index (χ0n) is 15.7. The highest BCUT2D eigenvalue weighted by Gasteiger charge is 2.33. The van der Waals surface area contributed by atoms with Gasteiger partial charge in [0.1, 0.15) is 0 Å². The largest absolute Gasteiger partial charge is 0.396 e. The lowest BCUT2D eigenvalue weighted by Crippen LogP contribution is -2.27. The van der Waals surface area contributed by atoms with Gasteiger partial charge in [-0.2, -0.15) is 0 Å². The summed E-state index contributed by atoms with van der Waals surface area (Å²) in [4.78, 5) is 26.2. The molecule has 9 heteroatoms. The first-order valence-corrected chi connectivity index (χ1v) is 10.9. The molecular formula is C20H18N2O4S3. The second-order valence-electron chi connectivity index (χ2n) is 6.34. The third kappa shape index (κ3) is 4.69. The SMILES string of the molecule is Cc1ccc(N2C(=O)/C(=C/c3ccc(SCCO)c([N+](=O)[O-])c3)SC2=S)cc1C. The zero-order chi connectivity index (χ0) is 21.1. The number of thioether (sulfide) groups is 2. The van der Waals surface area contributed by atoms with Crippen LogP contribution in [0.15, 0.2) is 46.2 Å². The molecule has 2 aromatic carbocycles. The van der Waals surface area contributed by atoms with E-state index in [1.807, 2.05) is 32.0 Å². The van der Waals surface area contributed by atoms with Crippen molar-refractivity contribution in [2.45, 2.75) is 18.7 Å². The fourth-order valence-corrected chi connectivity index (χ4v) is 4.81. The number of hydrogen-bond acceptors (Lipinski definition) is 7. The van der Waals surface area contributed by atoms with Gasteiger partial charge < -0.3 is 5.11 Å². The number of carbonyl (C=O) groups is 1. The second kappa shape index (κ2) is 9.08. The average Bonchev–Trinajstić information content (AvgIpc) is 2.96. The number of anilines is 1. The number of thiocarbonyl (C=S) groups is 1. The molecule has 1 N–H and O–H groups in total. The summed E-state index contributed by atoms with van der Waals surface area (Å²) in [5, 5.41) is 20.3. The van der Waals surface area contributed by atoms with Crippen molar-refractivity contribution >= 4 is 63.4 Å². The Morgan fingerprint density at radius 1 is 1.24 bits per heavy atom. The zero-order valence-corrected chi connectivity index (χ0v) is 18.2. The number of benzene rings is 2. The molecule has 0 radical (unpaired) electrons. The van der Waals surface area contributed by atoms with Crippen LogP contribution in [0.3, 0.4) is 0 Å². The number of nitro groups is 1. The normalized spacial score (nSPS) is 15.4. The standard InChI is InChI=1S/C20H18N2O4S3/c1-12-3-5-15(9-13(12)2)21-19(24)18(29-20(21)27)11-14-4-6-17(28-8-7-23)16(10-14)22(25)26/h3-6,9-11,23H,7-8H2,1-2H3/b18-11-. The van der Waals surface area contributed by atoms with Gasteiger partial charge in [0, 0.05) is 11.8 Å². The van der Waals surface area contributed by atoms with Crippen molar-refractivity contribution in [1.82, 2.24) is 0 Å². The molecule has 6 nitrogen and oxygen atoms in total. The van der Waals surface area contributed by atoms with Gasteiger partial charge in [-0.3, -0.25) is 19.8 Å². The molecule has 150 valence electrons. The topological polar surface area (TPSA) is 83.7 Å². The molecule has 0 unspecified atom stereocenters. The fourth-order valence-electron chi connectivity index (χ4n) is 2.75. The summed E-state index contributed by atoms with van der Waals surface area (Å²) in [5.74, 6) is 0.124. The van der Waals surface area contributed by atoms with Gasteiger partial charge in [-0.25, -0.2) is 0 Å². The van der Waals surface area contributed by atoms with Crippen LogP contribution in [-0.2, 0) is 4.79 Å². The highest BCUT2D eigenvalue weighted by molar-refractivity contribution is 8.27. The molecule has 29 heavy (non-hydrogen) atoms. The summed E-state index contributed by atoms with van der Waals surface area (Å²) in [7, 11) is 0. The first-order chi connectivity index (χ1) is 13.8. The van der Waals surface area contributed by atoms with Crippen LogP contribution in [0.1, 0.15) is 16.7 Å². The van der Waals surface area contributed by atoms with Crippen LogP contribution in [0.2, 0.25) is 0 Å². The molecule has 0 aliphatic carbocycles. The van der Waals surface area contributed by atoms with Gasteiger partial charge >= 0.3 is 0 Å². The van der Waals surface area contributed by atoms with Gasteiger partial charge in [0.25, 0.3) is 11.6 Å². The maximum Gasteiger partial charge on any atom is 0.283 e. The van der Waals surface area contributed by atoms with Crippen LogP contribution >= 0.6 is 35.7 Å². The van der Waals surface area contributed by atoms with E-state index in [2.05, 4.69) is 0 Å². The van der Waals surface area contributed by atoms with Crippen LogP contribution in [0.5, 0.6) is 0 Å². The van der Waals surface area contributed by atoms with Crippen molar-refractivity contribution in [1.29, 1.82) is 0 Å². The molecule has 0 aromatic heterocycles. The first-order valence-electron chi connectivity index (χ1n) is 8.69. The van der Waals surface area contributed by atoms with Crippen molar-refractivity contribution in [3.63, 3.8) is 0 Å². The second-order valence-corrected chi connectivity index (χ2v) is 9.15. The average molecular weight is 447 g/mol. The number of nitro benzene ring substituents is 1.